The van der Waals surface area contributed by atoms with Crippen LogP contribution in [-0.4, -0.2) is 9.55 Å². The molecule has 0 saturated heterocycles. The van der Waals surface area contributed by atoms with E-state index in [2.05, 4.69) is 75.4 Å². The van der Waals surface area contributed by atoms with Gasteiger partial charge in [-0.05, 0) is 36.3 Å². The van der Waals surface area contributed by atoms with Gasteiger partial charge in [0.2, 0.25) is 0 Å². The summed E-state index contributed by atoms with van der Waals surface area (Å²) in [7, 11) is 0. The highest BCUT2D eigenvalue weighted by atomic mass is 15.1. The zero-order valence-electron chi connectivity index (χ0n) is 13.1. The molecule has 19 heavy (non-hydrogen) atoms. The fraction of sp³-hybridized carbons (Fsp3) is 0.588. The van der Waals surface area contributed by atoms with E-state index >= 15 is 0 Å². The Hall–Kier alpha value is -1.31. The molecule has 0 amide bonds. The number of nitrogens with zero attached hydrogens (tertiary/aromatic N) is 2. The normalized spacial score (nSPS) is 13.2. The zero-order chi connectivity index (χ0) is 14.3. The molecule has 0 unspecified atom stereocenters. The van der Waals surface area contributed by atoms with Crippen LogP contribution in [0.4, 0.5) is 0 Å². The molecule has 2 nitrogen and oxygen atoms in total. The average Bonchev–Trinajstić information content (AvgIpc) is 2.52. The number of para-hydroxylation sites is 2. The maximum absolute atomic E-state index is 4.66. The average molecular weight is 258 g/mol. The van der Waals surface area contributed by atoms with Gasteiger partial charge in [0.1, 0.15) is 5.82 Å². The van der Waals surface area contributed by atoms with Crippen molar-refractivity contribution in [2.75, 3.05) is 0 Å². The van der Waals surface area contributed by atoms with Crippen LogP contribution >= 0.6 is 0 Å². The lowest BCUT2D eigenvalue weighted by Gasteiger charge is -2.33. The summed E-state index contributed by atoms with van der Waals surface area (Å²) in [6.45, 7) is 14.8. The van der Waals surface area contributed by atoms with Crippen molar-refractivity contribution >= 4 is 11.0 Å². The highest BCUT2D eigenvalue weighted by molar-refractivity contribution is 5.75. The van der Waals surface area contributed by atoms with Crippen molar-refractivity contribution in [2.45, 2.75) is 54.5 Å². The molecule has 0 fully saturated rings. The van der Waals surface area contributed by atoms with E-state index < -0.39 is 0 Å². The Morgan fingerprint density at radius 3 is 2.32 bits per heavy atom. The van der Waals surface area contributed by atoms with Crippen molar-refractivity contribution in [1.29, 1.82) is 0 Å². The second kappa shape index (κ2) is 4.66. The molecule has 0 aliphatic heterocycles. The quantitative estimate of drug-likeness (QED) is 0.772. The van der Waals surface area contributed by atoms with E-state index in [-0.39, 0.29) is 5.41 Å². The van der Waals surface area contributed by atoms with Gasteiger partial charge in [-0.3, -0.25) is 0 Å². The highest BCUT2D eigenvalue weighted by Crippen LogP contribution is 2.35. The number of benzene rings is 1. The third kappa shape index (κ3) is 3.37. The number of hydrogen-bond donors (Lipinski definition) is 0. The van der Waals surface area contributed by atoms with Crippen molar-refractivity contribution in [3.8, 4) is 0 Å². The summed E-state index contributed by atoms with van der Waals surface area (Å²) < 4.78 is 2.36. The molecule has 104 valence electrons. The number of fused-ring (bicyclic) bond motifs is 1. The van der Waals surface area contributed by atoms with E-state index in [0.29, 0.717) is 5.41 Å². The molecule has 0 spiro atoms. The lowest BCUT2D eigenvalue weighted by atomic mass is 9.76. The molecule has 0 saturated carbocycles. The van der Waals surface area contributed by atoms with E-state index in [4.69, 9.17) is 0 Å². The minimum Gasteiger partial charge on any atom is -0.328 e. The molecule has 2 rings (SSSR count). The molecule has 0 atom stereocenters. The molecule has 0 bridgehead atoms. The Morgan fingerprint density at radius 1 is 1.05 bits per heavy atom. The van der Waals surface area contributed by atoms with Crippen molar-refractivity contribution in [3.63, 3.8) is 0 Å². The van der Waals surface area contributed by atoms with E-state index in [9.17, 15) is 0 Å². The standard InChI is InChI=1S/C17H26N2/c1-13-18-14-9-7-8-10-15(14)19(13)12-17(5,6)11-16(2,3)4/h7-10H,11-12H2,1-6H3. The number of imidazole rings is 1. The minimum atomic E-state index is 0.270. The Balaban J connectivity index is 2.33. The summed E-state index contributed by atoms with van der Waals surface area (Å²) in [6, 6.07) is 8.41. The molecule has 1 heterocycles. The van der Waals surface area contributed by atoms with Crippen LogP contribution in [0.3, 0.4) is 0 Å². The summed E-state index contributed by atoms with van der Waals surface area (Å²) in [5, 5.41) is 0. The van der Waals surface area contributed by atoms with Crippen LogP contribution in [0.15, 0.2) is 24.3 Å². The van der Waals surface area contributed by atoms with Gasteiger partial charge in [0.05, 0.1) is 11.0 Å². The third-order valence-electron chi connectivity index (χ3n) is 3.44. The van der Waals surface area contributed by atoms with E-state index in [1.54, 1.807) is 0 Å². The topological polar surface area (TPSA) is 17.8 Å². The molecule has 0 aliphatic carbocycles. The number of aryl methyl sites for hydroxylation is 1. The molecule has 2 heteroatoms. The van der Waals surface area contributed by atoms with Crippen LogP contribution in [0.25, 0.3) is 11.0 Å². The maximum atomic E-state index is 4.66. The van der Waals surface area contributed by atoms with Crippen molar-refractivity contribution in [1.82, 2.24) is 9.55 Å². The summed E-state index contributed by atoms with van der Waals surface area (Å²) in [5.41, 5.74) is 2.98. The monoisotopic (exact) mass is 258 g/mol. The van der Waals surface area contributed by atoms with Crippen molar-refractivity contribution in [2.24, 2.45) is 10.8 Å². The first kappa shape index (κ1) is 14.1. The van der Waals surface area contributed by atoms with Gasteiger partial charge in [0, 0.05) is 6.54 Å². The Kier molecular flexibility index (Phi) is 3.46. The van der Waals surface area contributed by atoms with Crippen LogP contribution in [0.5, 0.6) is 0 Å². The van der Waals surface area contributed by atoms with E-state index in [0.717, 1.165) is 17.9 Å². The van der Waals surface area contributed by atoms with E-state index in [1.165, 1.54) is 11.9 Å². The lowest BCUT2D eigenvalue weighted by Crippen LogP contribution is -2.26. The smallest absolute Gasteiger partial charge is 0.106 e. The molecular formula is C17H26N2. The largest absolute Gasteiger partial charge is 0.328 e. The first-order valence-electron chi connectivity index (χ1n) is 7.10. The third-order valence-corrected chi connectivity index (χ3v) is 3.44. The van der Waals surface area contributed by atoms with Gasteiger partial charge < -0.3 is 4.57 Å². The highest BCUT2D eigenvalue weighted by Gasteiger charge is 2.27. The molecular weight excluding hydrogens is 232 g/mol. The second-order valence-electron chi connectivity index (χ2n) is 7.64. The van der Waals surface area contributed by atoms with Crippen molar-refractivity contribution in [3.05, 3.63) is 30.1 Å². The zero-order valence-corrected chi connectivity index (χ0v) is 13.1. The predicted molar refractivity (Wildman–Crippen MR) is 82.3 cm³/mol. The Labute approximate surface area is 116 Å². The molecule has 2 aromatic rings. The van der Waals surface area contributed by atoms with Gasteiger partial charge in [-0.1, -0.05) is 46.8 Å². The van der Waals surface area contributed by atoms with Crippen molar-refractivity contribution < 1.29 is 0 Å². The van der Waals surface area contributed by atoms with E-state index in [1.807, 2.05) is 0 Å². The molecule has 1 aromatic carbocycles. The van der Waals surface area contributed by atoms with Crippen LogP contribution < -0.4 is 0 Å². The molecule has 1 aromatic heterocycles. The maximum Gasteiger partial charge on any atom is 0.106 e. The summed E-state index contributed by atoms with van der Waals surface area (Å²) >= 11 is 0. The molecule has 0 radical (unpaired) electrons. The first-order chi connectivity index (χ1) is 8.68. The van der Waals surface area contributed by atoms with Gasteiger partial charge in [0.15, 0.2) is 0 Å². The fourth-order valence-electron chi connectivity index (χ4n) is 3.32. The number of aromatic nitrogens is 2. The predicted octanol–water partition coefficient (Wildman–Crippen LogP) is 4.81. The minimum absolute atomic E-state index is 0.270. The van der Waals surface area contributed by atoms with Gasteiger partial charge in [-0.2, -0.15) is 0 Å². The Bertz CT molecular complexity index is 570. The van der Waals surface area contributed by atoms with Crippen LogP contribution in [0.2, 0.25) is 0 Å². The van der Waals surface area contributed by atoms with Crippen LogP contribution in [0.1, 0.15) is 46.9 Å². The first-order valence-corrected chi connectivity index (χ1v) is 7.10. The van der Waals surface area contributed by atoms with Gasteiger partial charge >= 0.3 is 0 Å². The number of rotatable bonds is 3. The van der Waals surface area contributed by atoms with Crippen LogP contribution in [0, 0.1) is 17.8 Å². The SMILES string of the molecule is Cc1nc2ccccc2n1CC(C)(C)CC(C)(C)C. The molecule has 0 aliphatic rings. The lowest BCUT2D eigenvalue weighted by molar-refractivity contribution is 0.187. The van der Waals surface area contributed by atoms with Gasteiger partial charge in [-0.15, -0.1) is 0 Å². The fourth-order valence-corrected chi connectivity index (χ4v) is 3.32. The van der Waals surface area contributed by atoms with Crippen LogP contribution in [-0.2, 0) is 6.54 Å². The second-order valence-corrected chi connectivity index (χ2v) is 7.64. The van der Waals surface area contributed by atoms with Gasteiger partial charge in [0.25, 0.3) is 0 Å². The summed E-state index contributed by atoms with van der Waals surface area (Å²) in [6.07, 6.45) is 1.20. The van der Waals surface area contributed by atoms with Gasteiger partial charge in [-0.25, -0.2) is 4.98 Å². The summed E-state index contributed by atoms with van der Waals surface area (Å²) in [4.78, 5) is 4.66. The molecule has 0 N–H and O–H groups in total. The Morgan fingerprint density at radius 2 is 1.68 bits per heavy atom. The summed E-state index contributed by atoms with van der Waals surface area (Å²) in [5.74, 6) is 1.11. The number of hydrogen-bond acceptors (Lipinski definition) is 1.